The summed E-state index contributed by atoms with van der Waals surface area (Å²) in [6, 6.07) is 25.6. The molecule has 2 nitrogen and oxygen atoms in total. The third kappa shape index (κ3) is 3.01. The van der Waals surface area contributed by atoms with Gasteiger partial charge in [-0.15, -0.1) is 0 Å². The van der Waals surface area contributed by atoms with Crippen molar-refractivity contribution in [1.29, 1.82) is 0 Å². The fraction of sp³-hybridized carbons (Fsp3) is 0.154. The molecule has 0 fully saturated rings. The second-order valence-corrected chi connectivity index (χ2v) is 7.41. The number of aromatic nitrogens is 1. The zero-order valence-electron chi connectivity index (χ0n) is 15.9. The molecule has 5 rings (SSSR count). The molecule has 2 N–H and O–H groups in total. The van der Waals surface area contributed by atoms with Crippen molar-refractivity contribution in [3.05, 3.63) is 106 Å². The van der Waals surface area contributed by atoms with Gasteiger partial charge in [0.15, 0.2) is 0 Å². The summed E-state index contributed by atoms with van der Waals surface area (Å²) in [5.41, 5.74) is 8.51. The molecule has 4 aromatic rings. The van der Waals surface area contributed by atoms with E-state index in [4.69, 9.17) is 0 Å². The Kier molecular flexibility index (Phi) is 4.24. The van der Waals surface area contributed by atoms with Crippen molar-refractivity contribution in [3.8, 4) is 11.8 Å². The van der Waals surface area contributed by atoms with E-state index in [-0.39, 0.29) is 6.04 Å². The molecule has 1 unspecified atom stereocenters. The van der Waals surface area contributed by atoms with Crippen LogP contribution >= 0.6 is 0 Å². The molecule has 0 saturated heterocycles. The molecule has 0 saturated carbocycles. The van der Waals surface area contributed by atoms with Crippen molar-refractivity contribution in [2.75, 3.05) is 6.54 Å². The maximum Gasteiger partial charge on any atom is 0.0744 e. The van der Waals surface area contributed by atoms with Gasteiger partial charge in [0.1, 0.15) is 0 Å². The Morgan fingerprint density at radius 2 is 1.75 bits per heavy atom. The molecule has 0 bridgehead atoms. The van der Waals surface area contributed by atoms with Gasteiger partial charge in [-0.2, -0.15) is 0 Å². The number of benzene rings is 3. The van der Waals surface area contributed by atoms with E-state index >= 15 is 0 Å². The molecule has 1 aliphatic rings. The van der Waals surface area contributed by atoms with Crippen LogP contribution in [0.2, 0.25) is 0 Å². The maximum absolute atomic E-state index is 3.70. The molecule has 28 heavy (non-hydrogen) atoms. The topological polar surface area (TPSA) is 27.8 Å². The second-order valence-electron chi connectivity index (χ2n) is 7.41. The summed E-state index contributed by atoms with van der Waals surface area (Å²) in [6.07, 6.45) is 1.05. The molecule has 0 radical (unpaired) electrons. The van der Waals surface area contributed by atoms with Gasteiger partial charge in [-0.1, -0.05) is 60.4 Å². The first-order valence-electron chi connectivity index (χ1n) is 9.80. The Bertz CT molecular complexity index is 1220. The first-order valence-corrected chi connectivity index (χ1v) is 9.80. The van der Waals surface area contributed by atoms with Gasteiger partial charge in [-0.25, -0.2) is 0 Å². The Morgan fingerprint density at radius 1 is 0.893 bits per heavy atom. The minimum atomic E-state index is 0.138. The molecular formula is C26H22N2. The van der Waals surface area contributed by atoms with Crippen LogP contribution in [-0.4, -0.2) is 11.5 Å². The van der Waals surface area contributed by atoms with E-state index < -0.39 is 0 Å². The molecule has 0 spiro atoms. The Morgan fingerprint density at radius 3 is 2.68 bits per heavy atom. The third-order valence-electron chi connectivity index (χ3n) is 5.49. The summed E-state index contributed by atoms with van der Waals surface area (Å²) in [7, 11) is 0. The summed E-state index contributed by atoms with van der Waals surface area (Å²) in [5, 5.41) is 5.04. The highest BCUT2D eigenvalue weighted by Gasteiger charge is 2.26. The number of hydrogen-bond donors (Lipinski definition) is 2. The van der Waals surface area contributed by atoms with E-state index in [9.17, 15) is 0 Å². The fourth-order valence-corrected chi connectivity index (χ4v) is 4.17. The lowest BCUT2D eigenvalue weighted by Gasteiger charge is -2.25. The molecule has 2 heteroatoms. The van der Waals surface area contributed by atoms with Crippen molar-refractivity contribution < 1.29 is 0 Å². The van der Waals surface area contributed by atoms with Gasteiger partial charge in [0, 0.05) is 34.3 Å². The number of nitrogens with one attached hydrogen (secondary N) is 2. The fourth-order valence-electron chi connectivity index (χ4n) is 4.17. The average Bonchev–Trinajstić information content (AvgIpc) is 3.11. The Hall–Kier alpha value is -3.28. The molecule has 0 aliphatic carbocycles. The molecule has 3 aromatic carbocycles. The van der Waals surface area contributed by atoms with E-state index in [1.54, 1.807) is 0 Å². The van der Waals surface area contributed by atoms with E-state index in [0.29, 0.717) is 0 Å². The predicted octanol–water partition coefficient (Wildman–Crippen LogP) is 5.11. The highest BCUT2D eigenvalue weighted by Crippen LogP contribution is 2.34. The van der Waals surface area contributed by atoms with E-state index in [2.05, 4.69) is 102 Å². The summed E-state index contributed by atoms with van der Waals surface area (Å²) < 4.78 is 0. The molecule has 1 aliphatic heterocycles. The number of para-hydroxylation sites is 1. The minimum absolute atomic E-state index is 0.138. The van der Waals surface area contributed by atoms with Crippen molar-refractivity contribution in [2.45, 2.75) is 19.4 Å². The molecule has 1 aromatic heterocycles. The molecule has 1 atom stereocenters. The number of aryl methyl sites for hydroxylation is 1. The zero-order chi connectivity index (χ0) is 18.9. The standard InChI is InChI=1S/C26H22N2/c1-18-7-6-8-19(17-18)13-14-20-9-2-3-10-21(20)25-26-23(15-16-27-25)22-11-4-5-12-24(22)28-26/h2-12,17,25,27-28H,15-16H2,1H3. The van der Waals surface area contributed by atoms with Crippen LogP contribution in [0.4, 0.5) is 0 Å². The van der Waals surface area contributed by atoms with Gasteiger partial charge in [0.05, 0.1) is 6.04 Å². The van der Waals surface area contributed by atoms with Gasteiger partial charge in [0.25, 0.3) is 0 Å². The van der Waals surface area contributed by atoms with E-state index in [0.717, 1.165) is 24.1 Å². The first kappa shape index (κ1) is 16.9. The van der Waals surface area contributed by atoms with Gasteiger partial charge >= 0.3 is 0 Å². The smallest absolute Gasteiger partial charge is 0.0744 e. The van der Waals surface area contributed by atoms with E-state index in [1.165, 1.54) is 33.3 Å². The summed E-state index contributed by atoms with van der Waals surface area (Å²) in [4.78, 5) is 3.66. The number of rotatable bonds is 1. The summed E-state index contributed by atoms with van der Waals surface area (Å²) in [5.74, 6) is 6.76. The molecule has 2 heterocycles. The lowest BCUT2D eigenvalue weighted by atomic mass is 9.91. The van der Waals surface area contributed by atoms with Crippen molar-refractivity contribution in [1.82, 2.24) is 10.3 Å². The van der Waals surface area contributed by atoms with Crippen LogP contribution in [-0.2, 0) is 6.42 Å². The Labute approximate surface area is 165 Å². The summed E-state index contributed by atoms with van der Waals surface area (Å²) in [6.45, 7) is 3.07. The van der Waals surface area contributed by atoms with Gasteiger partial charge in [0.2, 0.25) is 0 Å². The average molecular weight is 362 g/mol. The van der Waals surface area contributed by atoms with Gasteiger partial charge in [-0.3, -0.25) is 0 Å². The predicted molar refractivity (Wildman–Crippen MR) is 115 cm³/mol. The van der Waals surface area contributed by atoms with Gasteiger partial charge < -0.3 is 10.3 Å². The van der Waals surface area contributed by atoms with Crippen LogP contribution in [0.3, 0.4) is 0 Å². The van der Waals surface area contributed by atoms with Crippen LogP contribution in [0.5, 0.6) is 0 Å². The zero-order valence-corrected chi connectivity index (χ0v) is 15.9. The third-order valence-corrected chi connectivity index (χ3v) is 5.49. The number of hydrogen-bond acceptors (Lipinski definition) is 1. The lowest BCUT2D eigenvalue weighted by molar-refractivity contribution is 0.559. The van der Waals surface area contributed by atoms with E-state index in [1.807, 2.05) is 0 Å². The van der Waals surface area contributed by atoms with Crippen LogP contribution in [0.15, 0.2) is 72.8 Å². The number of aromatic amines is 1. The lowest BCUT2D eigenvalue weighted by Crippen LogP contribution is -2.30. The van der Waals surface area contributed by atoms with Crippen molar-refractivity contribution >= 4 is 10.9 Å². The molecule has 0 amide bonds. The SMILES string of the molecule is Cc1cccc(C#Cc2ccccc2C2NCCc3c2[nH]c2ccccc32)c1. The Balaban J connectivity index is 1.59. The molecule has 136 valence electrons. The normalized spacial score (nSPS) is 15.7. The summed E-state index contributed by atoms with van der Waals surface area (Å²) >= 11 is 0. The number of H-pyrrole nitrogens is 1. The maximum atomic E-state index is 3.70. The van der Waals surface area contributed by atoms with Gasteiger partial charge in [-0.05, 0) is 54.3 Å². The second kappa shape index (κ2) is 7.03. The van der Waals surface area contributed by atoms with Crippen LogP contribution in [0.25, 0.3) is 10.9 Å². The number of fused-ring (bicyclic) bond motifs is 3. The first-order chi connectivity index (χ1) is 13.8. The van der Waals surface area contributed by atoms with Crippen molar-refractivity contribution in [2.24, 2.45) is 0 Å². The van der Waals surface area contributed by atoms with Crippen LogP contribution < -0.4 is 5.32 Å². The highest BCUT2D eigenvalue weighted by atomic mass is 15.0. The monoisotopic (exact) mass is 362 g/mol. The van der Waals surface area contributed by atoms with Crippen LogP contribution in [0, 0.1) is 18.8 Å². The van der Waals surface area contributed by atoms with Crippen LogP contribution in [0.1, 0.15) is 39.6 Å². The van der Waals surface area contributed by atoms with Crippen molar-refractivity contribution in [3.63, 3.8) is 0 Å². The highest BCUT2D eigenvalue weighted by molar-refractivity contribution is 5.85. The largest absolute Gasteiger partial charge is 0.357 e. The molecular weight excluding hydrogens is 340 g/mol. The quantitative estimate of drug-likeness (QED) is 0.452. The minimum Gasteiger partial charge on any atom is -0.357 e.